The van der Waals surface area contributed by atoms with Crippen LogP contribution in [0.25, 0.3) is 0 Å². The predicted octanol–water partition coefficient (Wildman–Crippen LogP) is 2.34. The van der Waals surface area contributed by atoms with E-state index >= 15 is 0 Å². The molecule has 0 radical (unpaired) electrons. The summed E-state index contributed by atoms with van der Waals surface area (Å²) in [5.74, 6) is 1.44. The van der Waals surface area contributed by atoms with Crippen LogP contribution in [0.5, 0.6) is 0 Å². The van der Waals surface area contributed by atoms with Crippen LogP contribution in [-0.2, 0) is 5.54 Å². The summed E-state index contributed by atoms with van der Waals surface area (Å²) in [5, 5.41) is 9.49. The SMILES string of the molecule is CC1CCN(CC(N)(C#N)c2ccccc2)CC1C. The van der Waals surface area contributed by atoms with Gasteiger partial charge in [0, 0.05) is 13.1 Å². The molecule has 1 aliphatic heterocycles. The highest BCUT2D eigenvalue weighted by Gasteiger charge is 2.32. The number of benzene rings is 1. The van der Waals surface area contributed by atoms with Gasteiger partial charge in [-0.1, -0.05) is 44.2 Å². The zero-order chi connectivity index (χ0) is 13.9. The van der Waals surface area contributed by atoms with Crippen molar-refractivity contribution in [2.45, 2.75) is 25.8 Å². The monoisotopic (exact) mass is 257 g/mol. The Labute approximate surface area is 116 Å². The number of nitrogens with two attached hydrogens (primary N) is 1. The van der Waals surface area contributed by atoms with Crippen LogP contribution in [0, 0.1) is 23.2 Å². The van der Waals surface area contributed by atoms with E-state index < -0.39 is 5.54 Å². The summed E-state index contributed by atoms with van der Waals surface area (Å²) in [4.78, 5) is 2.33. The molecule has 1 aromatic carbocycles. The summed E-state index contributed by atoms with van der Waals surface area (Å²) in [5.41, 5.74) is 6.33. The first-order chi connectivity index (χ1) is 9.05. The van der Waals surface area contributed by atoms with E-state index in [2.05, 4.69) is 24.8 Å². The van der Waals surface area contributed by atoms with Gasteiger partial charge in [0.1, 0.15) is 5.54 Å². The topological polar surface area (TPSA) is 53.0 Å². The van der Waals surface area contributed by atoms with Crippen molar-refractivity contribution in [1.29, 1.82) is 5.26 Å². The van der Waals surface area contributed by atoms with E-state index in [0.29, 0.717) is 12.5 Å². The van der Waals surface area contributed by atoms with E-state index in [1.807, 2.05) is 30.3 Å². The molecule has 1 heterocycles. The second kappa shape index (κ2) is 5.73. The summed E-state index contributed by atoms with van der Waals surface area (Å²) < 4.78 is 0. The third-order valence-corrected chi connectivity index (χ3v) is 4.38. The van der Waals surface area contributed by atoms with Crippen LogP contribution in [0.3, 0.4) is 0 Å². The molecule has 0 spiro atoms. The van der Waals surface area contributed by atoms with Gasteiger partial charge in [0.05, 0.1) is 6.07 Å². The smallest absolute Gasteiger partial charge is 0.142 e. The Balaban J connectivity index is 2.10. The maximum atomic E-state index is 9.49. The summed E-state index contributed by atoms with van der Waals surface area (Å²) in [6.07, 6.45) is 1.19. The minimum atomic E-state index is -0.901. The summed E-state index contributed by atoms with van der Waals surface area (Å²) in [6.45, 7) is 7.28. The molecule has 1 saturated heterocycles. The minimum absolute atomic E-state index is 0.616. The maximum Gasteiger partial charge on any atom is 0.142 e. The molecule has 2 rings (SSSR count). The fraction of sp³-hybridized carbons (Fsp3) is 0.562. The van der Waals surface area contributed by atoms with Crippen molar-refractivity contribution in [1.82, 2.24) is 4.90 Å². The van der Waals surface area contributed by atoms with Crippen molar-refractivity contribution in [3.05, 3.63) is 35.9 Å². The van der Waals surface area contributed by atoms with E-state index in [9.17, 15) is 5.26 Å². The molecule has 1 aliphatic rings. The predicted molar refractivity (Wildman–Crippen MR) is 77.3 cm³/mol. The fourth-order valence-corrected chi connectivity index (χ4v) is 2.77. The number of piperidine rings is 1. The number of likely N-dealkylation sites (tertiary alicyclic amines) is 1. The van der Waals surface area contributed by atoms with Gasteiger partial charge in [-0.05, 0) is 30.4 Å². The first kappa shape index (κ1) is 14.0. The van der Waals surface area contributed by atoms with Gasteiger partial charge in [0.2, 0.25) is 0 Å². The largest absolute Gasteiger partial charge is 0.309 e. The summed E-state index contributed by atoms with van der Waals surface area (Å²) >= 11 is 0. The molecule has 3 nitrogen and oxygen atoms in total. The third-order valence-electron chi connectivity index (χ3n) is 4.38. The Hall–Kier alpha value is -1.37. The molecule has 19 heavy (non-hydrogen) atoms. The second-order valence-electron chi connectivity index (χ2n) is 5.93. The van der Waals surface area contributed by atoms with E-state index in [1.165, 1.54) is 6.42 Å². The lowest BCUT2D eigenvalue weighted by Crippen LogP contribution is -2.50. The number of rotatable bonds is 3. The molecule has 0 amide bonds. The number of nitrogens with zero attached hydrogens (tertiary/aromatic N) is 2. The molecular formula is C16H23N3. The van der Waals surface area contributed by atoms with Gasteiger partial charge in [-0.15, -0.1) is 0 Å². The van der Waals surface area contributed by atoms with E-state index in [1.54, 1.807) is 0 Å². The van der Waals surface area contributed by atoms with Crippen molar-refractivity contribution in [3.8, 4) is 6.07 Å². The van der Waals surface area contributed by atoms with Gasteiger partial charge in [-0.25, -0.2) is 0 Å². The molecule has 1 aromatic rings. The Morgan fingerprint density at radius 3 is 2.58 bits per heavy atom. The molecule has 3 atom stereocenters. The molecular weight excluding hydrogens is 234 g/mol. The van der Waals surface area contributed by atoms with Crippen LogP contribution in [-0.4, -0.2) is 24.5 Å². The molecule has 2 N–H and O–H groups in total. The first-order valence-corrected chi connectivity index (χ1v) is 7.03. The van der Waals surface area contributed by atoms with E-state index in [0.717, 1.165) is 24.6 Å². The molecule has 0 aromatic heterocycles. The number of hydrogen-bond donors (Lipinski definition) is 1. The summed E-state index contributed by atoms with van der Waals surface area (Å²) in [7, 11) is 0. The van der Waals surface area contributed by atoms with E-state index in [4.69, 9.17) is 5.73 Å². The molecule has 102 valence electrons. The molecule has 3 unspecified atom stereocenters. The Bertz CT molecular complexity index is 451. The van der Waals surface area contributed by atoms with Crippen molar-refractivity contribution >= 4 is 0 Å². The average molecular weight is 257 g/mol. The van der Waals surface area contributed by atoms with E-state index in [-0.39, 0.29) is 0 Å². The Morgan fingerprint density at radius 2 is 2.00 bits per heavy atom. The normalized spacial score (nSPS) is 27.5. The third kappa shape index (κ3) is 3.15. The lowest BCUT2D eigenvalue weighted by Gasteiger charge is -2.38. The Morgan fingerprint density at radius 1 is 1.32 bits per heavy atom. The van der Waals surface area contributed by atoms with Crippen LogP contribution >= 0.6 is 0 Å². The zero-order valence-corrected chi connectivity index (χ0v) is 11.8. The van der Waals surface area contributed by atoms with Gasteiger partial charge < -0.3 is 5.73 Å². The lowest BCUT2D eigenvalue weighted by molar-refractivity contribution is 0.122. The molecule has 1 fully saturated rings. The summed E-state index contributed by atoms with van der Waals surface area (Å²) in [6, 6.07) is 12.0. The highest BCUT2D eigenvalue weighted by molar-refractivity contribution is 5.31. The van der Waals surface area contributed by atoms with Crippen LogP contribution in [0.4, 0.5) is 0 Å². The van der Waals surface area contributed by atoms with Crippen molar-refractivity contribution in [3.63, 3.8) is 0 Å². The lowest BCUT2D eigenvalue weighted by atomic mass is 9.86. The van der Waals surface area contributed by atoms with Crippen LogP contribution in [0.1, 0.15) is 25.8 Å². The quantitative estimate of drug-likeness (QED) is 0.904. The highest BCUT2D eigenvalue weighted by atomic mass is 15.2. The molecule has 3 heteroatoms. The highest BCUT2D eigenvalue weighted by Crippen LogP contribution is 2.26. The van der Waals surface area contributed by atoms with Gasteiger partial charge >= 0.3 is 0 Å². The van der Waals surface area contributed by atoms with Crippen molar-refractivity contribution in [2.24, 2.45) is 17.6 Å². The first-order valence-electron chi connectivity index (χ1n) is 7.03. The molecule has 0 saturated carbocycles. The van der Waals surface area contributed by atoms with Crippen molar-refractivity contribution < 1.29 is 0 Å². The maximum absolute atomic E-state index is 9.49. The Kier molecular flexibility index (Phi) is 4.24. The second-order valence-corrected chi connectivity index (χ2v) is 5.93. The minimum Gasteiger partial charge on any atom is -0.309 e. The van der Waals surface area contributed by atoms with Gasteiger partial charge in [0.25, 0.3) is 0 Å². The van der Waals surface area contributed by atoms with Crippen LogP contribution < -0.4 is 5.73 Å². The van der Waals surface area contributed by atoms with Gasteiger partial charge in [0.15, 0.2) is 0 Å². The molecule has 0 bridgehead atoms. The average Bonchev–Trinajstić information content (AvgIpc) is 2.44. The van der Waals surface area contributed by atoms with Crippen LogP contribution in [0.15, 0.2) is 30.3 Å². The van der Waals surface area contributed by atoms with Gasteiger partial charge in [-0.2, -0.15) is 5.26 Å². The number of hydrogen-bond acceptors (Lipinski definition) is 3. The fourth-order valence-electron chi connectivity index (χ4n) is 2.77. The molecule has 0 aliphatic carbocycles. The van der Waals surface area contributed by atoms with Gasteiger partial charge in [-0.3, -0.25) is 4.90 Å². The number of nitriles is 1. The standard InChI is InChI=1S/C16H23N3/c1-13-8-9-19(10-14(13)2)12-16(18,11-17)15-6-4-3-5-7-15/h3-7,13-14H,8-10,12,18H2,1-2H3. The van der Waals surface area contributed by atoms with Crippen LogP contribution in [0.2, 0.25) is 0 Å². The zero-order valence-electron chi connectivity index (χ0n) is 11.8. The van der Waals surface area contributed by atoms with Crippen molar-refractivity contribution in [2.75, 3.05) is 19.6 Å².